The average Bonchev–Trinajstić information content (AvgIpc) is 2.28. The Morgan fingerprint density at radius 1 is 1.47 bits per heavy atom. The largest absolute Gasteiger partial charge is 0.475 e. The predicted octanol–water partition coefficient (Wildman–Crippen LogP) is 1.56. The smallest absolute Gasteiger partial charge is 0.219 e. The molecule has 0 aromatic carbocycles. The van der Waals surface area contributed by atoms with E-state index in [1.54, 1.807) is 0 Å². The third-order valence-electron chi connectivity index (χ3n) is 2.30. The molecule has 1 aromatic heterocycles. The van der Waals surface area contributed by atoms with Crippen LogP contribution in [-0.2, 0) is 4.74 Å². The van der Waals surface area contributed by atoms with E-state index in [0.29, 0.717) is 6.61 Å². The molecule has 5 heteroatoms. The van der Waals surface area contributed by atoms with Crippen molar-refractivity contribution in [2.75, 3.05) is 13.2 Å². The predicted molar refractivity (Wildman–Crippen MR) is 51.1 cm³/mol. The standard InChI is InChI=1S/C10H13FN2O2/c11-9-5-10(13-7-12-9)15-6-8-3-1-2-4-14-8/h5,7-8H,1-4,6H2. The van der Waals surface area contributed by atoms with Crippen LogP contribution in [0.4, 0.5) is 4.39 Å². The van der Waals surface area contributed by atoms with Crippen molar-refractivity contribution in [1.82, 2.24) is 9.97 Å². The van der Waals surface area contributed by atoms with Gasteiger partial charge >= 0.3 is 0 Å². The van der Waals surface area contributed by atoms with Gasteiger partial charge in [0.15, 0.2) is 0 Å². The van der Waals surface area contributed by atoms with Crippen LogP contribution < -0.4 is 4.74 Å². The molecule has 82 valence electrons. The first-order chi connectivity index (χ1) is 7.34. The van der Waals surface area contributed by atoms with Gasteiger partial charge in [0.1, 0.15) is 12.9 Å². The average molecular weight is 212 g/mol. The summed E-state index contributed by atoms with van der Waals surface area (Å²) in [7, 11) is 0. The van der Waals surface area contributed by atoms with Crippen LogP contribution in [0.15, 0.2) is 12.4 Å². The topological polar surface area (TPSA) is 44.2 Å². The second-order valence-corrected chi connectivity index (χ2v) is 3.48. The van der Waals surface area contributed by atoms with Gasteiger partial charge in [-0.3, -0.25) is 0 Å². The van der Waals surface area contributed by atoms with Gasteiger partial charge in [0.2, 0.25) is 11.8 Å². The van der Waals surface area contributed by atoms with Gasteiger partial charge in [-0.25, -0.2) is 9.97 Å². The summed E-state index contributed by atoms with van der Waals surface area (Å²) in [5.74, 6) is -0.318. The molecular formula is C10H13FN2O2. The minimum absolute atomic E-state index is 0.108. The van der Waals surface area contributed by atoms with E-state index in [0.717, 1.165) is 32.2 Å². The van der Waals surface area contributed by atoms with Gasteiger partial charge in [-0.15, -0.1) is 0 Å². The van der Waals surface area contributed by atoms with E-state index in [2.05, 4.69) is 9.97 Å². The monoisotopic (exact) mass is 212 g/mol. The van der Waals surface area contributed by atoms with Crippen LogP contribution in [0.25, 0.3) is 0 Å². The van der Waals surface area contributed by atoms with Crippen LogP contribution in [0.5, 0.6) is 5.88 Å². The van der Waals surface area contributed by atoms with Gasteiger partial charge in [-0.1, -0.05) is 0 Å². The molecule has 15 heavy (non-hydrogen) atoms. The van der Waals surface area contributed by atoms with Crippen molar-refractivity contribution in [2.45, 2.75) is 25.4 Å². The highest BCUT2D eigenvalue weighted by molar-refractivity contribution is 5.05. The van der Waals surface area contributed by atoms with Gasteiger partial charge in [-0.05, 0) is 19.3 Å². The van der Waals surface area contributed by atoms with E-state index in [1.165, 1.54) is 6.07 Å². The zero-order chi connectivity index (χ0) is 10.5. The molecule has 0 radical (unpaired) electrons. The zero-order valence-electron chi connectivity index (χ0n) is 8.36. The summed E-state index contributed by atoms with van der Waals surface area (Å²) in [4.78, 5) is 7.14. The number of ether oxygens (including phenoxy) is 2. The Morgan fingerprint density at radius 2 is 2.40 bits per heavy atom. The maximum absolute atomic E-state index is 12.7. The number of hydrogen-bond donors (Lipinski definition) is 0. The molecule has 2 rings (SSSR count). The number of aromatic nitrogens is 2. The second-order valence-electron chi connectivity index (χ2n) is 3.48. The molecule has 0 N–H and O–H groups in total. The molecule has 0 aliphatic carbocycles. The molecule has 0 spiro atoms. The summed E-state index contributed by atoms with van der Waals surface area (Å²) in [5, 5.41) is 0. The Hall–Kier alpha value is -1.23. The first-order valence-electron chi connectivity index (χ1n) is 5.06. The zero-order valence-corrected chi connectivity index (χ0v) is 8.36. The molecule has 1 aromatic rings. The molecule has 0 saturated carbocycles. The Bertz CT molecular complexity index is 316. The number of nitrogens with zero attached hydrogens (tertiary/aromatic N) is 2. The molecule has 1 fully saturated rings. The third-order valence-corrected chi connectivity index (χ3v) is 2.30. The molecule has 0 bridgehead atoms. The van der Waals surface area contributed by atoms with E-state index in [1.807, 2.05) is 0 Å². The van der Waals surface area contributed by atoms with Gasteiger partial charge in [0.05, 0.1) is 12.2 Å². The number of rotatable bonds is 3. The van der Waals surface area contributed by atoms with Crippen molar-refractivity contribution in [1.29, 1.82) is 0 Å². The van der Waals surface area contributed by atoms with Crippen molar-refractivity contribution in [3.05, 3.63) is 18.3 Å². The van der Waals surface area contributed by atoms with Crippen LogP contribution in [0, 0.1) is 5.95 Å². The summed E-state index contributed by atoms with van der Waals surface area (Å²) < 4.78 is 23.4. The molecular weight excluding hydrogens is 199 g/mol. The van der Waals surface area contributed by atoms with Crippen molar-refractivity contribution in [2.24, 2.45) is 0 Å². The van der Waals surface area contributed by atoms with Crippen LogP contribution in [0.2, 0.25) is 0 Å². The SMILES string of the molecule is Fc1cc(OCC2CCCCO2)ncn1. The normalized spacial score (nSPS) is 21.3. The van der Waals surface area contributed by atoms with Gasteiger partial charge < -0.3 is 9.47 Å². The minimum atomic E-state index is -0.579. The van der Waals surface area contributed by atoms with Gasteiger partial charge in [0.25, 0.3) is 0 Å². The minimum Gasteiger partial charge on any atom is -0.475 e. The summed E-state index contributed by atoms with van der Waals surface area (Å²) in [5.41, 5.74) is 0. The Labute approximate surface area is 87.4 Å². The molecule has 1 saturated heterocycles. The second kappa shape index (κ2) is 5.02. The molecule has 0 amide bonds. The highest BCUT2D eigenvalue weighted by Gasteiger charge is 2.14. The fourth-order valence-corrected chi connectivity index (χ4v) is 1.51. The highest BCUT2D eigenvalue weighted by atomic mass is 19.1. The molecule has 1 aliphatic rings. The highest BCUT2D eigenvalue weighted by Crippen LogP contribution is 2.14. The van der Waals surface area contributed by atoms with Crippen LogP contribution in [-0.4, -0.2) is 29.3 Å². The molecule has 2 heterocycles. The molecule has 4 nitrogen and oxygen atoms in total. The van der Waals surface area contributed by atoms with Crippen LogP contribution in [0.3, 0.4) is 0 Å². The maximum Gasteiger partial charge on any atom is 0.219 e. The van der Waals surface area contributed by atoms with Crippen LogP contribution in [0.1, 0.15) is 19.3 Å². The number of hydrogen-bond acceptors (Lipinski definition) is 4. The summed E-state index contributed by atoms with van der Waals surface area (Å²) >= 11 is 0. The van der Waals surface area contributed by atoms with E-state index in [9.17, 15) is 4.39 Å². The van der Waals surface area contributed by atoms with Gasteiger partial charge in [0, 0.05) is 6.61 Å². The van der Waals surface area contributed by atoms with E-state index < -0.39 is 5.95 Å². The molecule has 1 aliphatic heterocycles. The Kier molecular flexibility index (Phi) is 3.45. The summed E-state index contributed by atoms with van der Waals surface area (Å²) in [6, 6.07) is 1.17. The lowest BCUT2D eigenvalue weighted by Gasteiger charge is -2.22. The molecule has 1 atom stereocenters. The summed E-state index contributed by atoms with van der Waals surface area (Å²) in [6.45, 7) is 1.21. The lowest BCUT2D eigenvalue weighted by molar-refractivity contribution is -0.0120. The van der Waals surface area contributed by atoms with E-state index in [-0.39, 0.29) is 12.0 Å². The Balaban J connectivity index is 1.81. The van der Waals surface area contributed by atoms with Crippen molar-refractivity contribution in [3.8, 4) is 5.88 Å². The first-order valence-corrected chi connectivity index (χ1v) is 5.06. The number of halogens is 1. The van der Waals surface area contributed by atoms with Gasteiger partial charge in [-0.2, -0.15) is 4.39 Å². The Morgan fingerprint density at radius 3 is 3.13 bits per heavy atom. The van der Waals surface area contributed by atoms with E-state index >= 15 is 0 Å². The van der Waals surface area contributed by atoms with Crippen molar-refractivity contribution >= 4 is 0 Å². The lowest BCUT2D eigenvalue weighted by atomic mass is 10.1. The fraction of sp³-hybridized carbons (Fsp3) is 0.600. The third kappa shape index (κ3) is 3.13. The van der Waals surface area contributed by atoms with Crippen molar-refractivity contribution in [3.63, 3.8) is 0 Å². The maximum atomic E-state index is 12.7. The van der Waals surface area contributed by atoms with E-state index in [4.69, 9.17) is 9.47 Å². The van der Waals surface area contributed by atoms with Crippen molar-refractivity contribution < 1.29 is 13.9 Å². The first kappa shape index (κ1) is 10.3. The lowest BCUT2D eigenvalue weighted by Crippen LogP contribution is -2.26. The fourth-order valence-electron chi connectivity index (χ4n) is 1.51. The molecule has 1 unspecified atom stereocenters. The van der Waals surface area contributed by atoms with Crippen LogP contribution >= 0.6 is 0 Å². The quantitative estimate of drug-likeness (QED) is 0.713. The summed E-state index contributed by atoms with van der Waals surface area (Å²) in [6.07, 6.45) is 4.52.